The van der Waals surface area contributed by atoms with Crippen LogP contribution in [0.5, 0.6) is 11.8 Å². The molecule has 70 heavy (non-hydrogen) atoms. The van der Waals surface area contributed by atoms with Gasteiger partial charge in [-0.05, 0) is 34.3 Å². The van der Waals surface area contributed by atoms with Crippen molar-refractivity contribution in [3.63, 3.8) is 0 Å². The Kier molecular flexibility index (Phi) is 22.5. The maximum Gasteiger partial charge on any atom is 2.00 e. The van der Waals surface area contributed by atoms with E-state index in [1.165, 1.54) is 74.6 Å². The van der Waals surface area contributed by atoms with Crippen LogP contribution in [-0.4, -0.2) is 119 Å². The molecule has 0 fully saturated rings. The molecule has 36 nitrogen and oxygen atoms in total. The van der Waals surface area contributed by atoms with Crippen LogP contribution in [0, 0.1) is 0 Å². The average molecular weight is 1080 g/mol. The molecular formula is C32H40N24O12Zn2+2. The minimum absolute atomic E-state index is 0. The van der Waals surface area contributed by atoms with Crippen molar-refractivity contribution in [1.29, 1.82) is 0 Å². The van der Waals surface area contributed by atoms with E-state index in [-0.39, 0.29) is 106 Å². The van der Waals surface area contributed by atoms with Gasteiger partial charge in [0, 0.05) is 81.2 Å². The van der Waals surface area contributed by atoms with Gasteiger partial charge in [-0.2, -0.15) is 0 Å². The predicted molar refractivity (Wildman–Crippen MR) is 227 cm³/mol. The second kappa shape index (κ2) is 25.6. The predicted octanol–water partition coefficient (Wildman–Crippen LogP) is -10.4. The standard InChI is InChI=1S/C8H6N4.4C6H7N5O2.4H2O.2Zn/c1-3-9-7(10-4-1)8-11-5-2-6-12-8;4*1-10-4-3(7-9-8-4)5(12)11(2)6(10)13;;;;;;/h1-6H;2*1-2H3,(H,7,8,9,12);2*12H,1-2H3;4*1H2;;/q;;;;;;;;;2*+2/p-2. The minimum Gasteiger partial charge on any atom is -0.858 e. The Morgan fingerprint density at radius 2 is 0.729 bits per heavy atom. The van der Waals surface area contributed by atoms with Gasteiger partial charge >= 0.3 is 61.7 Å². The second-order valence-corrected chi connectivity index (χ2v) is 12.8. The van der Waals surface area contributed by atoms with Gasteiger partial charge < -0.3 is 61.6 Å². The first-order valence-electron chi connectivity index (χ1n) is 17.7. The van der Waals surface area contributed by atoms with Crippen LogP contribution in [0.1, 0.15) is 0 Å². The van der Waals surface area contributed by atoms with Crippen LogP contribution in [0.4, 0.5) is 0 Å². The molecule has 362 valence electrons. The number of aryl methyl sites for hydroxylation is 2. The molecule has 0 aliphatic carbocycles. The van der Waals surface area contributed by atoms with E-state index in [9.17, 15) is 39.0 Å². The number of fused-ring (bicyclic) bond motifs is 4. The molecule has 6 aromatic rings. The summed E-state index contributed by atoms with van der Waals surface area (Å²) < 4.78 is 8.82. The molecule has 0 spiro atoms. The summed E-state index contributed by atoms with van der Waals surface area (Å²) in [5.41, 5.74) is -1.77. The van der Waals surface area contributed by atoms with Crippen LogP contribution in [0.3, 0.4) is 0 Å². The molecule has 10 rings (SSSR count). The van der Waals surface area contributed by atoms with Gasteiger partial charge in [0.1, 0.15) is 11.4 Å². The quantitative estimate of drug-likeness (QED) is 0.109. The first-order chi connectivity index (χ1) is 30.5. The van der Waals surface area contributed by atoms with Crippen molar-refractivity contribution < 1.29 is 71.1 Å². The van der Waals surface area contributed by atoms with E-state index >= 15 is 0 Å². The molecule has 4 aliphatic rings. The Labute approximate surface area is 412 Å². The van der Waals surface area contributed by atoms with Crippen molar-refractivity contribution in [1.82, 2.24) is 118 Å². The van der Waals surface area contributed by atoms with Gasteiger partial charge in [0.15, 0.2) is 23.3 Å². The molecule has 0 amide bonds. The number of hydrogen-bond acceptors (Lipinski definition) is 22. The van der Waals surface area contributed by atoms with Gasteiger partial charge in [0.05, 0.1) is 22.3 Å². The minimum atomic E-state index is -0.469. The Bertz CT molecular complexity index is 3340. The van der Waals surface area contributed by atoms with E-state index in [0.717, 1.165) is 18.3 Å². The average Bonchev–Trinajstić information content (AvgIpc) is 4.18. The van der Waals surface area contributed by atoms with Crippen LogP contribution >= 0.6 is 0 Å². The summed E-state index contributed by atoms with van der Waals surface area (Å²) in [6, 6.07) is 3.51. The van der Waals surface area contributed by atoms with E-state index in [0.29, 0.717) is 11.6 Å². The van der Waals surface area contributed by atoms with Gasteiger partial charge in [-0.3, -0.25) is 47.4 Å². The van der Waals surface area contributed by atoms with Crippen molar-refractivity contribution in [2.24, 2.45) is 56.4 Å². The zero-order valence-corrected chi connectivity index (χ0v) is 44.0. The van der Waals surface area contributed by atoms with Crippen LogP contribution in [-0.2, 0) is 106 Å². The smallest absolute Gasteiger partial charge is 0.858 e. The molecule has 4 aliphatic heterocycles. The maximum atomic E-state index is 11.4. The summed E-state index contributed by atoms with van der Waals surface area (Å²) in [6.07, 6.45) is 6.66. The van der Waals surface area contributed by atoms with E-state index in [1.807, 2.05) is 0 Å². The van der Waals surface area contributed by atoms with Crippen LogP contribution < -0.4 is 54.3 Å². The Morgan fingerprint density at radius 1 is 0.429 bits per heavy atom. The van der Waals surface area contributed by atoms with Gasteiger partial charge in [-0.15, -0.1) is 20.4 Å². The fourth-order valence-electron chi connectivity index (χ4n) is 5.34. The summed E-state index contributed by atoms with van der Waals surface area (Å²) in [7, 11) is 11.6. The monoisotopic (exact) mass is 1080 g/mol. The summed E-state index contributed by atoms with van der Waals surface area (Å²) >= 11 is 0. The summed E-state index contributed by atoms with van der Waals surface area (Å²) in [5.74, 6) is 0.601. The van der Waals surface area contributed by atoms with Crippen LogP contribution in [0.25, 0.3) is 57.0 Å². The summed E-state index contributed by atoms with van der Waals surface area (Å²) in [5, 5.41) is 64.5. The molecule has 0 unspecified atom stereocenters. The molecule has 0 atom stereocenters. The summed E-state index contributed by atoms with van der Waals surface area (Å²) in [4.78, 5) is 84.1. The first kappa shape index (κ1) is 61.6. The molecule has 6 aromatic heterocycles. The molecule has 0 saturated carbocycles. The Hall–Kier alpha value is -8.43. The SMILES string of the molecule is Cn1c(=O)c2[n-]nnc2n(C)c1=O.Cn1c(=O)c2[n-]nnc2n(C)c1=O.Cn1c2nnnc-2c([O-])n(C)c1=O.Cn1c2nnnc-2c([O-])n(C)c1=O.O.O.[OH3+].[OH3+].[Zn+2].[Zn+2].c1cnc(-c2ncccn2)nc1. The molecule has 0 bridgehead atoms. The number of nitrogens with zero attached hydrogens (tertiary/aromatic N) is 24. The van der Waals surface area contributed by atoms with Crippen LogP contribution in [0.2, 0.25) is 0 Å². The normalized spacial score (nSPS) is 9.77. The van der Waals surface area contributed by atoms with Crippen molar-refractivity contribution in [3.8, 4) is 46.4 Å². The largest absolute Gasteiger partial charge is 2.00 e. The fraction of sp³-hybridized carbons (Fsp3) is 0.250. The van der Waals surface area contributed by atoms with Gasteiger partial charge in [-0.25, -0.2) is 39.1 Å². The third-order valence-electron chi connectivity index (χ3n) is 8.91. The van der Waals surface area contributed by atoms with Gasteiger partial charge in [0.25, 0.3) is 11.1 Å². The topological polar surface area (TPSA) is 526 Å². The molecule has 10 heterocycles. The molecule has 0 radical (unpaired) electrons. The van der Waals surface area contributed by atoms with Gasteiger partial charge in [-0.1, -0.05) is 0 Å². The number of rotatable bonds is 1. The molecule has 10 N–H and O–H groups in total. The van der Waals surface area contributed by atoms with Crippen molar-refractivity contribution in [3.05, 3.63) is 99.6 Å². The van der Waals surface area contributed by atoms with E-state index in [2.05, 4.69) is 81.6 Å². The maximum absolute atomic E-state index is 11.4. The van der Waals surface area contributed by atoms with Crippen molar-refractivity contribution in [2.45, 2.75) is 0 Å². The number of aromatic nitrogens is 24. The third kappa shape index (κ3) is 11.8. The number of hydrogen-bond donors (Lipinski definition) is 0. The van der Waals surface area contributed by atoms with Crippen LogP contribution in [0.15, 0.2) is 65.7 Å². The third-order valence-corrected chi connectivity index (χ3v) is 8.91. The zero-order chi connectivity index (χ0) is 46.6. The molecular weight excluding hydrogens is 1040 g/mol. The Balaban J connectivity index is 0.000000833. The van der Waals surface area contributed by atoms with Crippen molar-refractivity contribution in [2.75, 3.05) is 0 Å². The van der Waals surface area contributed by atoms with E-state index in [4.69, 9.17) is 0 Å². The van der Waals surface area contributed by atoms with Crippen molar-refractivity contribution >= 4 is 22.3 Å². The summed E-state index contributed by atoms with van der Waals surface area (Å²) in [6.45, 7) is 0. The molecule has 38 heteroatoms. The van der Waals surface area contributed by atoms with Gasteiger partial charge in [0.2, 0.25) is 0 Å². The Morgan fingerprint density at radius 3 is 1.04 bits per heavy atom. The molecule has 0 aromatic carbocycles. The zero-order valence-electron chi connectivity index (χ0n) is 38.0. The molecule has 0 saturated heterocycles. The first-order valence-corrected chi connectivity index (χ1v) is 17.7. The van der Waals surface area contributed by atoms with E-state index < -0.39 is 45.6 Å². The van der Waals surface area contributed by atoms with E-state index in [1.54, 1.807) is 36.9 Å². The second-order valence-electron chi connectivity index (χ2n) is 12.8. The fourth-order valence-corrected chi connectivity index (χ4v) is 5.34.